The number of benzene rings is 1. The summed E-state index contributed by atoms with van der Waals surface area (Å²) in [6.45, 7) is 0.949. The number of nitrogens with zero attached hydrogens (tertiary/aromatic N) is 1. The van der Waals surface area contributed by atoms with Gasteiger partial charge in [0.15, 0.2) is 0 Å². The zero-order valence-corrected chi connectivity index (χ0v) is 12.2. The van der Waals surface area contributed by atoms with Crippen LogP contribution in [0.4, 0.5) is 0 Å². The molecule has 0 amide bonds. The lowest BCUT2D eigenvalue weighted by atomic mass is 10.1. The third-order valence-corrected chi connectivity index (χ3v) is 3.84. The molecular weight excluding hydrogens is 258 g/mol. The van der Waals surface area contributed by atoms with Gasteiger partial charge in [0.05, 0.1) is 12.7 Å². The first-order chi connectivity index (χ1) is 9.10. The summed E-state index contributed by atoms with van der Waals surface area (Å²) in [5.74, 6) is -0.300. The molecule has 0 atom stereocenters. The number of rotatable bonds is 4. The topological polar surface area (TPSA) is 29.5 Å². The minimum absolute atomic E-state index is 0.300. The van der Waals surface area contributed by atoms with Gasteiger partial charge in [-0.15, -0.1) is 11.3 Å². The average Bonchev–Trinajstić information content (AvgIpc) is 2.85. The fraction of sp³-hybridized carbons (Fsp3) is 0.267. The Kier molecular flexibility index (Phi) is 4.35. The van der Waals surface area contributed by atoms with E-state index in [1.165, 1.54) is 16.9 Å². The Morgan fingerprint density at radius 2 is 1.84 bits per heavy atom. The first-order valence-electron chi connectivity index (χ1n) is 6.02. The monoisotopic (exact) mass is 275 g/mol. The Bertz CT molecular complexity index is 558. The zero-order chi connectivity index (χ0) is 13.8. The molecule has 1 heterocycles. The van der Waals surface area contributed by atoms with E-state index in [9.17, 15) is 4.79 Å². The molecule has 0 aliphatic rings. The maximum absolute atomic E-state index is 11.4. The van der Waals surface area contributed by atoms with Crippen LogP contribution in [0.1, 0.15) is 15.2 Å². The summed E-state index contributed by atoms with van der Waals surface area (Å²) in [6, 6.07) is 11.8. The van der Waals surface area contributed by atoms with Crippen LogP contribution < -0.4 is 0 Å². The van der Waals surface area contributed by atoms with Crippen LogP contribution in [0, 0.1) is 0 Å². The summed E-state index contributed by atoms with van der Waals surface area (Å²) >= 11 is 1.78. The summed E-state index contributed by atoms with van der Waals surface area (Å²) in [7, 11) is 5.51. The first-order valence-corrected chi connectivity index (χ1v) is 6.84. The van der Waals surface area contributed by atoms with Crippen LogP contribution in [0.2, 0.25) is 0 Å². The number of methoxy groups -OCH3 is 1. The number of thiophene rings is 1. The third-order valence-electron chi connectivity index (χ3n) is 2.72. The first kappa shape index (κ1) is 13.8. The Morgan fingerprint density at radius 1 is 1.16 bits per heavy atom. The maximum Gasteiger partial charge on any atom is 0.337 e. The molecule has 1 aromatic carbocycles. The van der Waals surface area contributed by atoms with E-state index in [4.69, 9.17) is 0 Å². The van der Waals surface area contributed by atoms with Crippen LogP contribution in [0.3, 0.4) is 0 Å². The summed E-state index contributed by atoms with van der Waals surface area (Å²) < 4.78 is 4.69. The molecule has 19 heavy (non-hydrogen) atoms. The van der Waals surface area contributed by atoms with Crippen LogP contribution in [0.25, 0.3) is 10.4 Å². The molecule has 4 heteroatoms. The van der Waals surface area contributed by atoms with Crippen molar-refractivity contribution in [2.45, 2.75) is 6.54 Å². The molecule has 0 radical (unpaired) electrons. The van der Waals surface area contributed by atoms with Crippen molar-refractivity contribution < 1.29 is 9.53 Å². The highest BCUT2D eigenvalue weighted by atomic mass is 32.1. The van der Waals surface area contributed by atoms with E-state index in [1.54, 1.807) is 23.5 Å². The molecule has 1 aromatic heterocycles. The lowest BCUT2D eigenvalue weighted by molar-refractivity contribution is 0.0601. The minimum atomic E-state index is -0.300. The Hall–Kier alpha value is -1.65. The second kappa shape index (κ2) is 5.99. The smallest absolute Gasteiger partial charge is 0.337 e. The summed E-state index contributed by atoms with van der Waals surface area (Å²) in [5, 5.41) is 0. The van der Waals surface area contributed by atoms with E-state index in [1.807, 2.05) is 12.1 Å². The van der Waals surface area contributed by atoms with Crippen molar-refractivity contribution in [3.63, 3.8) is 0 Å². The number of carbonyl (C=O) groups is 1. The number of hydrogen-bond donors (Lipinski definition) is 0. The minimum Gasteiger partial charge on any atom is -0.465 e. The van der Waals surface area contributed by atoms with E-state index in [2.05, 4.69) is 35.9 Å². The molecule has 3 nitrogen and oxygen atoms in total. The Morgan fingerprint density at radius 3 is 2.42 bits per heavy atom. The van der Waals surface area contributed by atoms with Crippen molar-refractivity contribution in [2.75, 3.05) is 21.2 Å². The molecule has 2 aromatic rings. The van der Waals surface area contributed by atoms with Crippen molar-refractivity contribution in [3.8, 4) is 10.4 Å². The van der Waals surface area contributed by atoms with Gasteiger partial charge in [-0.3, -0.25) is 0 Å². The molecule has 0 saturated heterocycles. The van der Waals surface area contributed by atoms with Gasteiger partial charge in [-0.25, -0.2) is 4.79 Å². The molecule has 0 bridgehead atoms. The summed E-state index contributed by atoms with van der Waals surface area (Å²) in [4.78, 5) is 16.1. The van der Waals surface area contributed by atoms with Gasteiger partial charge in [0.2, 0.25) is 0 Å². The quantitative estimate of drug-likeness (QED) is 0.802. The van der Waals surface area contributed by atoms with Crippen molar-refractivity contribution in [3.05, 3.63) is 46.8 Å². The van der Waals surface area contributed by atoms with Crippen molar-refractivity contribution in [1.82, 2.24) is 4.90 Å². The summed E-state index contributed by atoms with van der Waals surface area (Å²) in [6.07, 6.45) is 0. The van der Waals surface area contributed by atoms with Crippen LogP contribution >= 0.6 is 11.3 Å². The molecular formula is C15H17NO2S. The largest absolute Gasteiger partial charge is 0.465 e. The zero-order valence-electron chi connectivity index (χ0n) is 11.3. The lowest BCUT2D eigenvalue weighted by Gasteiger charge is -2.06. The van der Waals surface area contributed by atoms with Crippen molar-refractivity contribution in [2.24, 2.45) is 0 Å². The average molecular weight is 275 g/mol. The molecule has 0 fully saturated rings. The fourth-order valence-electron chi connectivity index (χ4n) is 1.82. The van der Waals surface area contributed by atoms with Crippen molar-refractivity contribution in [1.29, 1.82) is 0 Å². The highest BCUT2D eigenvalue weighted by Crippen LogP contribution is 2.28. The second-order valence-corrected chi connectivity index (χ2v) is 5.74. The molecule has 0 saturated carbocycles. The molecule has 0 aliphatic heterocycles. The number of esters is 1. The molecule has 0 N–H and O–H groups in total. The predicted molar refractivity (Wildman–Crippen MR) is 78.5 cm³/mol. The van der Waals surface area contributed by atoms with E-state index >= 15 is 0 Å². The predicted octanol–water partition coefficient (Wildman–Crippen LogP) is 3.26. The van der Waals surface area contributed by atoms with Gasteiger partial charge in [-0.1, -0.05) is 12.1 Å². The van der Waals surface area contributed by atoms with Gasteiger partial charge in [-0.05, 0) is 43.9 Å². The van der Waals surface area contributed by atoms with E-state index in [-0.39, 0.29) is 5.97 Å². The highest BCUT2D eigenvalue weighted by molar-refractivity contribution is 7.15. The Balaban J connectivity index is 2.18. The normalized spacial score (nSPS) is 10.7. The number of hydrogen-bond acceptors (Lipinski definition) is 4. The van der Waals surface area contributed by atoms with Gasteiger partial charge < -0.3 is 9.64 Å². The van der Waals surface area contributed by atoms with Crippen LogP contribution in [-0.4, -0.2) is 32.1 Å². The maximum atomic E-state index is 11.4. The van der Waals surface area contributed by atoms with E-state index in [0.29, 0.717) is 5.56 Å². The molecule has 100 valence electrons. The third kappa shape index (κ3) is 3.43. The van der Waals surface area contributed by atoms with Crippen LogP contribution in [-0.2, 0) is 11.3 Å². The van der Waals surface area contributed by atoms with Crippen LogP contribution in [0.5, 0.6) is 0 Å². The standard InChI is InChI=1S/C15H17NO2S/c1-16(2)10-13-8-9-14(19-13)11-4-6-12(7-5-11)15(17)18-3/h4-9H,10H2,1-3H3. The number of carbonyl (C=O) groups excluding carboxylic acids is 1. The molecule has 0 unspecified atom stereocenters. The van der Waals surface area contributed by atoms with E-state index < -0.39 is 0 Å². The fourth-order valence-corrected chi connectivity index (χ4v) is 2.95. The van der Waals surface area contributed by atoms with Gasteiger partial charge in [-0.2, -0.15) is 0 Å². The van der Waals surface area contributed by atoms with Crippen LogP contribution in [0.15, 0.2) is 36.4 Å². The van der Waals surface area contributed by atoms with Gasteiger partial charge in [0, 0.05) is 16.3 Å². The van der Waals surface area contributed by atoms with Gasteiger partial charge in [0.1, 0.15) is 0 Å². The van der Waals surface area contributed by atoms with Crippen molar-refractivity contribution >= 4 is 17.3 Å². The highest BCUT2D eigenvalue weighted by Gasteiger charge is 2.07. The molecule has 2 rings (SSSR count). The molecule has 0 aliphatic carbocycles. The lowest BCUT2D eigenvalue weighted by Crippen LogP contribution is -2.09. The van der Waals surface area contributed by atoms with E-state index in [0.717, 1.165) is 12.1 Å². The Labute approximate surface area is 117 Å². The summed E-state index contributed by atoms with van der Waals surface area (Å²) in [5.41, 5.74) is 1.71. The van der Waals surface area contributed by atoms with Gasteiger partial charge >= 0.3 is 5.97 Å². The molecule has 0 spiro atoms. The van der Waals surface area contributed by atoms with Gasteiger partial charge in [0.25, 0.3) is 0 Å². The second-order valence-electron chi connectivity index (χ2n) is 4.57. The SMILES string of the molecule is COC(=O)c1ccc(-c2ccc(CN(C)C)s2)cc1. The number of ether oxygens (including phenoxy) is 1.